The number of nitrogens with two attached hydrogens (primary N) is 1. The Balaban J connectivity index is 3.46. The Morgan fingerprint density at radius 1 is 1.90 bits per heavy atom. The predicted octanol–water partition coefficient (Wildman–Crippen LogP) is 0.453. The summed E-state index contributed by atoms with van der Waals surface area (Å²) in [5, 5.41) is 0. The summed E-state index contributed by atoms with van der Waals surface area (Å²) in [6.45, 7) is 5.61. The highest BCUT2D eigenvalue weighted by molar-refractivity contribution is 5.70. The molecule has 0 aromatic carbocycles. The fourth-order valence-corrected chi connectivity index (χ4v) is 0.496. The fourth-order valence-electron chi connectivity index (χ4n) is 0.496. The standard InChI is InChI=1S/C7H13NO2/c1-3-6(8)5-7(9)10-4-2/h3,6H,1,4-5,8H2,2H3/t6-/m0/s1. The minimum Gasteiger partial charge on any atom is -0.466 e. The van der Waals surface area contributed by atoms with Gasteiger partial charge in [-0.2, -0.15) is 0 Å². The van der Waals surface area contributed by atoms with Gasteiger partial charge in [-0.25, -0.2) is 0 Å². The molecule has 0 rings (SSSR count). The van der Waals surface area contributed by atoms with Crippen LogP contribution in [-0.2, 0) is 9.53 Å². The molecule has 0 heterocycles. The van der Waals surface area contributed by atoms with Crippen molar-refractivity contribution in [2.75, 3.05) is 6.61 Å². The fraction of sp³-hybridized carbons (Fsp3) is 0.571. The lowest BCUT2D eigenvalue weighted by atomic mass is 10.2. The van der Waals surface area contributed by atoms with Gasteiger partial charge in [0.25, 0.3) is 0 Å². The molecule has 1 atom stereocenters. The van der Waals surface area contributed by atoms with Crippen molar-refractivity contribution >= 4 is 5.97 Å². The summed E-state index contributed by atoms with van der Waals surface area (Å²) >= 11 is 0. The molecule has 0 aromatic rings. The van der Waals surface area contributed by atoms with E-state index in [1.54, 1.807) is 6.92 Å². The molecule has 2 N–H and O–H groups in total. The van der Waals surface area contributed by atoms with Gasteiger partial charge in [-0.15, -0.1) is 6.58 Å². The quantitative estimate of drug-likeness (QED) is 0.459. The van der Waals surface area contributed by atoms with Crippen LogP contribution in [0.5, 0.6) is 0 Å². The first-order valence-electron chi connectivity index (χ1n) is 3.24. The van der Waals surface area contributed by atoms with Gasteiger partial charge in [0.1, 0.15) is 0 Å². The van der Waals surface area contributed by atoms with Crippen LogP contribution < -0.4 is 5.73 Å². The first-order valence-corrected chi connectivity index (χ1v) is 3.24. The highest BCUT2D eigenvalue weighted by Gasteiger charge is 2.05. The first kappa shape index (κ1) is 9.17. The molecule has 0 radical (unpaired) electrons. The molecular weight excluding hydrogens is 130 g/mol. The van der Waals surface area contributed by atoms with Gasteiger partial charge in [-0.05, 0) is 6.92 Å². The van der Waals surface area contributed by atoms with Gasteiger partial charge >= 0.3 is 5.97 Å². The Kier molecular flexibility index (Phi) is 4.58. The average molecular weight is 143 g/mol. The van der Waals surface area contributed by atoms with Crippen molar-refractivity contribution in [3.05, 3.63) is 12.7 Å². The zero-order chi connectivity index (χ0) is 7.98. The van der Waals surface area contributed by atoms with Gasteiger partial charge < -0.3 is 10.5 Å². The van der Waals surface area contributed by atoms with Crippen LogP contribution in [0.25, 0.3) is 0 Å². The summed E-state index contributed by atoms with van der Waals surface area (Å²) < 4.78 is 4.65. The van der Waals surface area contributed by atoms with E-state index in [4.69, 9.17) is 5.73 Å². The maximum atomic E-state index is 10.7. The van der Waals surface area contributed by atoms with E-state index < -0.39 is 0 Å². The highest BCUT2D eigenvalue weighted by atomic mass is 16.5. The van der Waals surface area contributed by atoms with Crippen LogP contribution in [0.1, 0.15) is 13.3 Å². The van der Waals surface area contributed by atoms with E-state index in [0.717, 1.165) is 0 Å². The molecule has 0 aliphatic rings. The molecule has 0 unspecified atom stereocenters. The second-order valence-corrected chi connectivity index (χ2v) is 1.91. The van der Waals surface area contributed by atoms with Gasteiger partial charge in [-0.1, -0.05) is 6.08 Å². The predicted molar refractivity (Wildman–Crippen MR) is 39.4 cm³/mol. The van der Waals surface area contributed by atoms with Crippen molar-refractivity contribution in [1.29, 1.82) is 0 Å². The van der Waals surface area contributed by atoms with Gasteiger partial charge in [0.15, 0.2) is 0 Å². The van der Waals surface area contributed by atoms with Crippen molar-refractivity contribution < 1.29 is 9.53 Å². The van der Waals surface area contributed by atoms with Crippen LogP contribution in [0.3, 0.4) is 0 Å². The van der Waals surface area contributed by atoms with Crippen molar-refractivity contribution in [3.63, 3.8) is 0 Å². The zero-order valence-corrected chi connectivity index (χ0v) is 6.17. The van der Waals surface area contributed by atoms with Crippen LogP contribution in [0.4, 0.5) is 0 Å². The number of ether oxygens (including phenoxy) is 1. The maximum Gasteiger partial charge on any atom is 0.307 e. The first-order chi connectivity index (χ1) is 4.70. The number of hydrogen-bond donors (Lipinski definition) is 1. The van der Waals surface area contributed by atoms with E-state index in [-0.39, 0.29) is 18.4 Å². The largest absolute Gasteiger partial charge is 0.466 e. The number of carbonyl (C=O) groups excluding carboxylic acids is 1. The molecule has 3 heteroatoms. The summed E-state index contributed by atoms with van der Waals surface area (Å²) in [5.74, 6) is -0.269. The summed E-state index contributed by atoms with van der Waals surface area (Å²) in [5.41, 5.74) is 5.39. The molecular formula is C7H13NO2. The number of hydrogen-bond acceptors (Lipinski definition) is 3. The summed E-state index contributed by atoms with van der Waals surface area (Å²) in [7, 11) is 0. The lowest BCUT2D eigenvalue weighted by molar-refractivity contribution is -0.143. The Morgan fingerprint density at radius 2 is 2.50 bits per heavy atom. The topological polar surface area (TPSA) is 52.3 Å². The van der Waals surface area contributed by atoms with Gasteiger partial charge in [0.05, 0.1) is 13.0 Å². The average Bonchev–Trinajstić information content (AvgIpc) is 1.88. The number of carbonyl (C=O) groups is 1. The number of rotatable bonds is 4. The molecule has 0 bridgehead atoms. The van der Waals surface area contributed by atoms with E-state index >= 15 is 0 Å². The Hall–Kier alpha value is -0.830. The molecule has 0 fully saturated rings. The molecule has 58 valence electrons. The SMILES string of the molecule is C=C[C@H](N)CC(=O)OCC. The molecule has 0 amide bonds. The lowest BCUT2D eigenvalue weighted by Gasteiger charge is -2.03. The Bertz CT molecular complexity index is 123. The Labute approximate surface area is 60.9 Å². The summed E-state index contributed by atoms with van der Waals surface area (Å²) in [6.07, 6.45) is 1.74. The second kappa shape index (κ2) is 4.99. The van der Waals surface area contributed by atoms with E-state index in [9.17, 15) is 4.79 Å². The smallest absolute Gasteiger partial charge is 0.307 e. The third kappa shape index (κ3) is 4.09. The molecule has 0 spiro atoms. The molecule has 3 nitrogen and oxygen atoms in total. The van der Waals surface area contributed by atoms with Crippen molar-refractivity contribution in [2.45, 2.75) is 19.4 Å². The summed E-state index contributed by atoms with van der Waals surface area (Å²) in [6, 6.07) is -0.279. The maximum absolute atomic E-state index is 10.7. The minimum absolute atomic E-state index is 0.220. The Morgan fingerprint density at radius 3 is 2.90 bits per heavy atom. The molecule has 10 heavy (non-hydrogen) atoms. The lowest BCUT2D eigenvalue weighted by Crippen LogP contribution is -2.22. The van der Waals surface area contributed by atoms with Gasteiger partial charge in [0, 0.05) is 6.04 Å². The van der Waals surface area contributed by atoms with E-state index in [1.165, 1.54) is 6.08 Å². The van der Waals surface area contributed by atoms with Gasteiger partial charge in [0.2, 0.25) is 0 Å². The van der Waals surface area contributed by atoms with Crippen LogP contribution >= 0.6 is 0 Å². The molecule has 0 aliphatic heterocycles. The second-order valence-electron chi connectivity index (χ2n) is 1.91. The van der Waals surface area contributed by atoms with Crippen molar-refractivity contribution in [1.82, 2.24) is 0 Å². The van der Waals surface area contributed by atoms with E-state index in [1.807, 2.05) is 0 Å². The third-order valence-electron chi connectivity index (χ3n) is 1.01. The van der Waals surface area contributed by atoms with Crippen LogP contribution in [0.15, 0.2) is 12.7 Å². The summed E-state index contributed by atoms with van der Waals surface area (Å²) in [4.78, 5) is 10.7. The van der Waals surface area contributed by atoms with Crippen LogP contribution in [0, 0.1) is 0 Å². The van der Waals surface area contributed by atoms with Crippen LogP contribution in [0.2, 0.25) is 0 Å². The van der Waals surface area contributed by atoms with Crippen molar-refractivity contribution in [2.24, 2.45) is 5.73 Å². The normalized spacial score (nSPS) is 12.2. The van der Waals surface area contributed by atoms with Gasteiger partial charge in [-0.3, -0.25) is 4.79 Å². The molecule has 0 saturated heterocycles. The minimum atomic E-state index is -0.279. The van der Waals surface area contributed by atoms with Crippen molar-refractivity contribution in [3.8, 4) is 0 Å². The molecule has 0 saturated carbocycles. The van der Waals surface area contributed by atoms with E-state index in [2.05, 4.69) is 11.3 Å². The molecule has 0 aromatic heterocycles. The zero-order valence-electron chi connectivity index (χ0n) is 6.17. The molecule has 0 aliphatic carbocycles. The third-order valence-corrected chi connectivity index (χ3v) is 1.01. The monoisotopic (exact) mass is 143 g/mol. The van der Waals surface area contributed by atoms with E-state index in [0.29, 0.717) is 6.61 Å². The highest BCUT2D eigenvalue weighted by Crippen LogP contribution is 1.91. The van der Waals surface area contributed by atoms with Crippen LogP contribution in [-0.4, -0.2) is 18.6 Å². The number of esters is 1.